The number of hydrogen-bond acceptors (Lipinski definition) is 6. The Labute approximate surface area is 211 Å². The molecule has 0 amide bonds. The molecule has 0 atom stereocenters. The van der Waals surface area contributed by atoms with Crippen molar-refractivity contribution in [3.63, 3.8) is 0 Å². The molecule has 0 saturated heterocycles. The Morgan fingerprint density at radius 2 is 0.757 bits per heavy atom. The van der Waals surface area contributed by atoms with Crippen molar-refractivity contribution in [1.82, 2.24) is 19.9 Å². The predicted molar refractivity (Wildman–Crippen MR) is 131 cm³/mol. The zero-order valence-corrected chi connectivity index (χ0v) is 21.2. The molecular weight excluding hydrogens is 564 g/mol. The molecule has 8 bridgehead atoms. The van der Waals surface area contributed by atoms with Crippen molar-refractivity contribution >= 4 is 61.1 Å². The van der Waals surface area contributed by atoms with Crippen molar-refractivity contribution < 1.29 is 59.9 Å². The molecular formula is C24H18N4O8Zr. The van der Waals surface area contributed by atoms with Gasteiger partial charge in [0.2, 0.25) is 0 Å². The van der Waals surface area contributed by atoms with Crippen LogP contribution >= 0.6 is 0 Å². The van der Waals surface area contributed by atoms with E-state index in [0.29, 0.717) is 0 Å². The number of hydrogen-bond donors (Lipinski definition) is 6. The SMILES string of the molecule is C1=Cc2cc3ccc(cc4nc(cc5ccc(cc1n2)[nH]5)C=C4)[nH]3.O=[C](O)[Zr]([C](=O)O)([C](=O)O)[C](=O)O. The summed E-state index contributed by atoms with van der Waals surface area (Å²) in [7, 11) is 0. The molecule has 0 saturated carbocycles. The van der Waals surface area contributed by atoms with E-state index in [1.807, 2.05) is 48.6 Å². The minimum atomic E-state index is -6.26. The molecule has 2 aliphatic rings. The Bertz CT molecular complexity index is 1430. The van der Waals surface area contributed by atoms with Gasteiger partial charge < -0.3 is 9.97 Å². The maximum atomic E-state index is 10.3. The van der Waals surface area contributed by atoms with Gasteiger partial charge in [0, 0.05) is 22.1 Å². The number of carboxylic acid groups (broad SMARTS) is 4. The summed E-state index contributed by atoms with van der Waals surface area (Å²) >= 11 is -6.26. The summed E-state index contributed by atoms with van der Waals surface area (Å²) in [6.45, 7) is 0. The van der Waals surface area contributed by atoms with Crippen molar-refractivity contribution in [2.24, 2.45) is 0 Å². The number of nitrogens with one attached hydrogen (secondary N) is 2. The van der Waals surface area contributed by atoms with Crippen LogP contribution in [-0.4, -0.2) is 55.1 Å². The fraction of sp³-hybridized carbons (Fsp3) is 0. The van der Waals surface area contributed by atoms with Gasteiger partial charge in [0.15, 0.2) is 0 Å². The summed E-state index contributed by atoms with van der Waals surface area (Å²) in [6.07, 6.45) is 8.09. The maximum absolute atomic E-state index is 10.3. The quantitative estimate of drug-likeness (QED) is 0.157. The van der Waals surface area contributed by atoms with Crippen LogP contribution in [0.4, 0.5) is 19.2 Å². The topological polar surface area (TPSA) is 207 Å². The Kier molecular flexibility index (Phi) is 6.99. The van der Waals surface area contributed by atoms with Gasteiger partial charge in [-0.25, -0.2) is 9.97 Å². The number of carbonyl (C=O) groups is 4. The summed E-state index contributed by atoms with van der Waals surface area (Å²) in [5, 5.41) is 33.1. The van der Waals surface area contributed by atoms with Crippen LogP contribution in [0.15, 0.2) is 48.5 Å². The van der Waals surface area contributed by atoms with E-state index >= 15 is 0 Å². The molecule has 0 fully saturated rings. The van der Waals surface area contributed by atoms with E-state index in [0.717, 1.165) is 44.8 Å². The van der Waals surface area contributed by atoms with Gasteiger partial charge in [-0.05, 0) is 72.8 Å². The summed E-state index contributed by atoms with van der Waals surface area (Å²) in [5.41, 5.74) is 7.86. The van der Waals surface area contributed by atoms with E-state index in [2.05, 4.69) is 44.2 Å². The van der Waals surface area contributed by atoms with E-state index in [1.54, 1.807) is 0 Å². The van der Waals surface area contributed by atoms with Crippen LogP contribution in [0.2, 0.25) is 0 Å². The predicted octanol–water partition coefficient (Wildman–Crippen LogP) is 5.51. The normalized spacial score (nSPS) is 11.9. The Morgan fingerprint density at radius 3 is 0.946 bits per heavy atom. The van der Waals surface area contributed by atoms with Crippen LogP contribution in [0.5, 0.6) is 0 Å². The average Bonchev–Trinajstić information content (AvgIpc) is 3.59. The first-order valence-electron chi connectivity index (χ1n) is 10.6. The van der Waals surface area contributed by atoms with E-state index in [9.17, 15) is 19.2 Å². The summed E-state index contributed by atoms with van der Waals surface area (Å²) in [4.78, 5) is 57.2. The molecule has 0 aromatic carbocycles. The Morgan fingerprint density at radius 1 is 0.514 bits per heavy atom. The first-order valence-corrected chi connectivity index (χ1v) is 15.5. The van der Waals surface area contributed by atoms with Gasteiger partial charge in [-0.3, -0.25) is 0 Å². The van der Waals surface area contributed by atoms with E-state index in [-0.39, 0.29) is 0 Å². The third-order valence-corrected chi connectivity index (χ3v) is 11.6. The van der Waals surface area contributed by atoms with Gasteiger partial charge in [0.05, 0.1) is 22.8 Å². The van der Waals surface area contributed by atoms with Gasteiger partial charge in [-0.15, -0.1) is 0 Å². The molecule has 12 nitrogen and oxygen atoms in total. The molecule has 3 aromatic rings. The number of rotatable bonds is 4. The van der Waals surface area contributed by atoms with Crippen molar-refractivity contribution in [3.05, 3.63) is 71.3 Å². The van der Waals surface area contributed by atoms with Gasteiger partial charge in [0.1, 0.15) is 0 Å². The fourth-order valence-corrected chi connectivity index (χ4v) is 6.19. The van der Waals surface area contributed by atoms with Crippen LogP contribution in [-0.2, 0) is 20.3 Å². The Hall–Kier alpha value is -4.64. The zero-order valence-electron chi connectivity index (χ0n) is 18.7. The van der Waals surface area contributed by atoms with E-state index in [1.165, 1.54) is 0 Å². The summed E-state index contributed by atoms with van der Waals surface area (Å²) < 4.78 is -8.99. The second kappa shape index (κ2) is 10.2. The molecule has 6 N–H and O–H groups in total. The number of aromatic nitrogens is 4. The Balaban J connectivity index is 0.000000212. The molecule has 5 heterocycles. The monoisotopic (exact) mass is 580 g/mol. The van der Waals surface area contributed by atoms with Gasteiger partial charge in [0.25, 0.3) is 0 Å². The number of H-pyrrole nitrogens is 2. The number of nitrogens with zero attached hydrogens (tertiary/aromatic N) is 2. The molecule has 186 valence electrons. The third kappa shape index (κ3) is 5.31. The van der Waals surface area contributed by atoms with Crippen LogP contribution in [0.3, 0.4) is 0 Å². The molecule has 3 aromatic heterocycles. The molecule has 0 unspecified atom stereocenters. The molecule has 2 aliphatic heterocycles. The molecule has 0 radical (unpaired) electrons. The average molecular weight is 582 g/mol. The second-order valence-corrected chi connectivity index (χ2v) is 15.8. The molecule has 13 heteroatoms. The first-order chi connectivity index (χ1) is 17.6. The summed E-state index contributed by atoms with van der Waals surface area (Å²) in [6, 6.07) is 16.4. The molecule has 37 heavy (non-hydrogen) atoms. The fourth-order valence-electron chi connectivity index (χ4n) is 3.49. The first kappa shape index (κ1) is 25.5. The van der Waals surface area contributed by atoms with Crippen LogP contribution in [0, 0.1) is 0 Å². The van der Waals surface area contributed by atoms with Crippen molar-refractivity contribution in [3.8, 4) is 0 Å². The van der Waals surface area contributed by atoms with Crippen LogP contribution < -0.4 is 0 Å². The summed E-state index contributed by atoms with van der Waals surface area (Å²) in [5.74, 6) is 0. The van der Waals surface area contributed by atoms with Gasteiger partial charge in [-0.2, -0.15) is 0 Å². The van der Waals surface area contributed by atoms with Gasteiger partial charge >= 0.3 is 74.6 Å². The van der Waals surface area contributed by atoms with Crippen LogP contribution in [0.1, 0.15) is 22.8 Å². The van der Waals surface area contributed by atoms with E-state index in [4.69, 9.17) is 20.4 Å². The molecule has 0 aliphatic carbocycles. The van der Waals surface area contributed by atoms with Gasteiger partial charge in [-0.1, -0.05) is 0 Å². The minimum absolute atomic E-state index is 0.939. The van der Waals surface area contributed by atoms with Crippen molar-refractivity contribution in [2.75, 3.05) is 0 Å². The number of fused-ring (bicyclic) bond motifs is 8. The standard InChI is InChI=1S/C20H14N4.4CHO2.Zr/c1-2-14-10-16-5-6-18(23-16)12-20-8-7-19(24-20)11-17-4-3-15(22-17)9-13(1)21-14;4*2-1-3;/h1-12,21,24H;4*(H,2,3);. The third-order valence-electron chi connectivity index (χ3n) is 5.33. The van der Waals surface area contributed by atoms with Crippen molar-refractivity contribution in [2.45, 2.75) is 0 Å². The molecule has 0 spiro atoms. The molecule has 5 rings (SSSR count). The number of aromatic amines is 2. The zero-order chi connectivity index (χ0) is 26.7. The van der Waals surface area contributed by atoms with Crippen LogP contribution in [0.25, 0.3) is 46.4 Å². The van der Waals surface area contributed by atoms with Crippen molar-refractivity contribution in [1.29, 1.82) is 0 Å². The second-order valence-electron chi connectivity index (χ2n) is 7.88. The van der Waals surface area contributed by atoms with E-state index < -0.39 is 35.0 Å².